The van der Waals surface area contributed by atoms with E-state index >= 15 is 0 Å². The third-order valence-corrected chi connectivity index (χ3v) is 2.72. The lowest BCUT2D eigenvalue weighted by Crippen LogP contribution is -1.95. The molecule has 82 valence electrons. The Morgan fingerprint density at radius 1 is 1.06 bits per heavy atom. The van der Waals surface area contributed by atoms with E-state index in [1.165, 1.54) is 11.1 Å². The summed E-state index contributed by atoms with van der Waals surface area (Å²) in [5.74, 6) is 0.899. The first kappa shape index (κ1) is 11.2. The van der Waals surface area contributed by atoms with Crippen molar-refractivity contribution in [3.05, 3.63) is 64.1 Å². The standard InChI is InChI=1S/C14H13BrO/c1-11-7-13(15)9-14(8-11)16-10-12-5-3-2-4-6-12/h2-9H,10H2,1H3. The topological polar surface area (TPSA) is 9.23 Å². The van der Waals surface area contributed by atoms with Crippen LogP contribution in [0, 0.1) is 6.92 Å². The SMILES string of the molecule is Cc1cc(Br)cc(OCc2ccccc2)c1. The number of rotatable bonds is 3. The zero-order valence-electron chi connectivity index (χ0n) is 9.11. The van der Waals surface area contributed by atoms with Gasteiger partial charge in [0.2, 0.25) is 0 Å². The Hall–Kier alpha value is -1.28. The summed E-state index contributed by atoms with van der Waals surface area (Å²) in [5.41, 5.74) is 2.37. The molecule has 2 aromatic carbocycles. The molecule has 2 rings (SSSR count). The summed E-state index contributed by atoms with van der Waals surface area (Å²) >= 11 is 3.46. The van der Waals surface area contributed by atoms with Crippen LogP contribution in [0.3, 0.4) is 0 Å². The maximum absolute atomic E-state index is 5.72. The Labute approximate surface area is 104 Å². The van der Waals surface area contributed by atoms with Gasteiger partial charge in [0, 0.05) is 4.47 Å². The molecule has 0 saturated heterocycles. The number of aryl methyl sites for hydroxylation is 1. The van der Waals surface area contributed by atoms with Crippen LogP contribution in [0.4, 0.5) is 0 Å². The van der Waals surface area contributed by atoms with Gasteiger partial charge in [-0.2, -0.15) is 0 Å². The Morgan fingerprint density at radius 3 is 2.50 bits per heavy atom. The molecule has 0 aliphatic rings. The third kappa shape index (κ3) is 3.11. The van der Waals surface area contributed by atoms with Crippen LogP contribution >= 0.6 is 15.9 Å². The molecule has 2 heteroatoms. The number of halogens is 1. The summed E-state index contributed by atoms with van der Waals surface area (Å²) in [5, 5.41) is 0. The van der Waals surface area contributed by atoms with E-state index in [0.29, 0.717) is 6.61 Å². The second-order valence-electron chi connectivity index (χ2n) is 3.74. The summed E-state index contributed by atoms with van der Waals surface area (Å²) < 4.78 is 6.78. The van der Waals surface area contributed by atoms with E-state index in [2.05, 4.69) is 41.1 Å². The highest BCUT2D eigenvalue weighted by molar-refractivity contribution is 9.10. The van der Waals surface area contributed by atoms with Gasteiger partial charge in [0.25, 0.3) is 0 Å². The Kier molecular flexibility index (Phi) is 3.62. The minimum Gasteiger partial charge on any atom is -0.489 e. The van der Waals surface area contributed by atoms with Gasteiger partial charge in [-0.1, -0.05) is 46.3 Å². The Morgan fingerprint density at radius 2 is 1.81 bits per heavy atom. The fourth-order valence-electron chi connectivity index (χ4n) is 1.53. The van der Waals surface area contributed by atoms with E-state index in [4.69, 9.17) is 4.74 Å². The predicted molar refractivity (Wildman–Crippen MR) is 69.7 cm³/mol. The predicted octanol–water partition coefficient (Wildman–Crippen LogP) is 4.34. The van der Waals surface area contributed by atoms with E-state index in [1.807, 2.05) is 30.3 Å². The van der Waals surface area contributed by atoms with Crippen LogP contribution in [0.15, 0.2) is 53.0 Å². The summed E-state index contributed by atoms with van der Waals surface area (Å²) in [6.45, 7) is 2.66. The molecule has 0 aliphatic heterocycles. The molecule has 0 aromatic heterocycles. The maximum Gasteiger partial charge on any atom is 0.121 e. The van der Waals surface area contributed by atoms with Crippen LogP contribution in [0.2, 0.25) is 0 Å². The molecule has 0 unspecified atom stereocenters. The number of ether oxygens (including phenoxy) is 1. The molecule has 1 nitrogen and oxygen atoms in total. The van der Waals surface area contributed by atoms with Crippen molar-refractivity contribution in [3.63, 3.8) is 0 Å². The molecule has 2 aromatic rings. The first-order valence-corrected chi connectivity index (χ1v) is 5.97. The smallest absolute Gasteiger partial charge is 0.121 e. The normalized spacial score (nSPS) is 10.1. The van der Waals surface area contributed by atoms with E-state index in [-0.39, 0.29) is 0 Å². The van der Waals surface area contributed by atoms with Crippen molar-refractivity contribution in [2.45, 2.75) is 13.5 Å². The van der Waals surface area contributed by atoms with Crippen molar-refractivity contribution in [1.29, 1.82) is 0 Å². The molecule has 0 fully saturated rings. The van der Waals surface area contributed by atoms with E-state index in [1.54, 1.807) is 0 Å². The van der Waals surface area contributed by atoms with Crippen LogP contribution in [-0.2, 0) is 6.61 Å². The van der Waals surface area contributed by atoms with Crippen molar-refractivity contribution in [3.8, 4) is 5.75 Å². The van der Waals surface area contributed by atoms with Gasteiger partial charge in [-0.05, 0) is 36.2 Å². The van der Waals surface area contributed by atoms with Gasteiger partial charge in [-0.15, -0.1) is 0 Å². The van der Waals surface area contributed by atoms with Gasteiger partial charge in [0.1, 0.15) is 12.4 Å². The lowest BCUT2D eigenvalue weighted by Gasteiger charge is -2.07. The van der Waals surface area contributed by atoms with Gasteiger partial charge in [-0.3, -0.25) is 0 Å². The molecule has 0 heterocycles. The fraction of sp³-hybridized carbons (Fsp3) is 0.143. The maximum atomic E-state index is 5.72. The lowest BCUT2D eigenvalue weighted by molar-refractivity contribution is 0.306. The molecular weight excluding hydrogens is 264 g/mol. The quantitative estimate of drug-likeness (QED) is 0.811. The van der Waals surface area contributed by atoms with Gasteiger partial charge in [-0.25, -0.2) is 0 Å². The third-order valence-electron chi connectivity index (χ3n) is 2.26. The van der Waals surface area contributed by atoms with Crippen molar-refractivity contribution in [2.24, 2.45) is 0 Å². The lowest BCUT2D eigenvalue weighted by atomic mass is 10.2. The first-order valence-electron chi connectivity index (χ1n) is 5.18. The van der Waals surface area contributed by atoms with Gasteiger partial charge < -0.3 is 4.74 Å². The van der Waals surface area contributed by atoms with Crippen molar-refractivity contribution in [1.82, 2.24) is 0 Å². The van der Waals surface area contributed by atoms with Crippen LogP contribution in [0.25, 0.3) is 0 Å². The highest BCUT2D eigenvalue weighted by Crippen LogP contribution is 2.21. The molecule has 0 spiro atoms. The highest BCUT2D eigenvalue weighted by Gasteiger charge is 1.98. The minimum absolute atomic E-state index is 0.608. The van der Waals surface area contributed by atoms with Crippen LogP contribution < -0.4 is 4.74 Å². The summed E-state index contributed by atoms with van der Waals surface area (Å²) in [6, 6.07) is 16.2. The second-order valence-corrected chi connectivity index (χ2v) is 4.65. The summed E-state index contributed by atoms with van der Waals surface area (Å²) in [7, 11) is 0. The Balaban J connectivity index is 2.05. The van der Waals surface area contributed by atoms with Crippen molar-refractivity contribution >= 4 is 15.9 Å². The number of benzene rings is 2. The molecule has 0 aliphatic carbocycles. The molecular formula is C14H13BrO. The molecule has 0 atom stereocenters. The highest BCUT2D eigenvalue weighted by atomic mass is 79.9. The van der Waals surface area contributed by atoms with Crippen LogP contribution in [-0.4, -0.2) is 0 Å². The number of hydrogen-bond acceptors (Lipinski definition) is 1. The van der Waals surface area contributed by atoms with E-state index in [9.17, 15) is 0 Å². The zero-order chi connectivity index (χ0) is 11.4. The molecule has 0 bridgehead atoms. The van der Waals surface area contributed by atoms with E-state index < -0.39 is 0 Å². The van der Waals surface area contributed by atoms with Gasteiger partial charge >= 0.3 is 0 Å². The number of hydrogen-bond donors (Lipinski definition) is 0. The van der Waals surface area contributed by atoms with Gasteiger partial charge in [0.05, 0.1) is 0 Å². The fourth-order valence-corrected chi connectivity index (χ4v) is 2.11. The monoisotopic (exact) mass is 276 g/mol. The molecule has 0 N–H and O–H groups in total. The first-order chi connectivity index (χ1) is 7.74. The summed E-state index contributed by atoms with van der Waals surface area (Å²) in [6.07, 6.45) is 0. The van der Waals surface area contributed by atoms with Crippen molar-refractivity contribution < 1.29 is 4.74 Å². The largest absolute Gasteiger partial charge is 0.489 e. The molecule has 0 amide bonds. The van der Waals surface area contributed by atoms with Gasteiger partial charge in [0.15, 0.2) is 0 Å². The Bertz CT molecular complexity index is 445. The average Bonchev–Trinajstić information content (AvgIpc) is 2.27. The van der Waals surface area contributed by atoms with Crippen molar-refractivity contribution in [2.75, 3.05) is 0 Å². The molecule has 0 radical (unpaired) electrons. The van der Waals surface area contributed by atoms with Crippen LogP contribution in [0.5, 0.6) is 5.75 Å². The summed E-state index contributed by atoms with van der Waals surface area (Å²) in [4.78, 5) is 0. The molecule has 0 saturated carbocycles. The van der Waals surface area contributed by atoms with E-state index in [0.717, 1.165) is 10.2 Å². The second kappa shape index (κ2) is 5.17. The zero-order valence-corrected chi connectivity index (χ0v) is 10.7. The molecule has 16 heavy (non-hydrogen) atoms. The van der Waals surface area contributed by atoms with Crippen LogP contribution in [0.1, 0.15) is 11.1 Å². The average molecular weight is 277 g/mol. The minimum atomic E-state index is 0.608.